The molecule has 2 amide bonds. The standard InChI is InChI=1S/C30H38N2O7/c1-3-29-15-6-4-5-9-20-38-28(36)24(29)23-26(34)32(17-7-8-19-33)25-27(35)31(18-10-16-30(23,25)39-29)21-11-13-22(37-2)14-12-21/h6,10-16,23-25,33H,3-5,7-9,17-20H2,1-2H3/b15-6-/t23-,24-,25?,29+,30-/m0/s1. The number of hydrogen-bond donors (Lipinski definition) is 1. The number of carbonyl (C=O) groups is 3. The normalized spacial score (nSPS) is 33.2. The van der Waals surface area contributed by atoms with Crippen molar-refractivity contribution in [2.24, 2.45) is 11.8 Å². The fourth-order valence-corrected chi connectivity index (χ4v) is 6.67. The zero-order chi connectivity index (χ0) is 27.6. The zero-order valence-electron chi connectivity index (χ0n) is 22.7. The number of hydrogen-bond acceptors (Lipinski definition) is 7. The van der Waals surface area contributed by atoms with E-state index >= 15 is 0 Å². The van der Waals surface area contributed by atoms with Crippen LogP contribution >= 0.6 is 0 Å². The number of likely N-dealkylation sites (tertiary alicyclic amines) is 1. The molecule has 4 aliphatic rings. The summed E-state index contributed by atoms with van der Waals surface area (Å²) < 4.78 is 17.9. The number of allylic oxidation sites excluding steroid dienone is 1. The summed E-state index contributed by atoms with van der Waals surface area (Å²) in [5.41, 5.74) is -1.72. The van der Waals surface area contributed by atoms with E-state index in [1.807, 2.05) is 43.4 Å². The van der Waals surface area contributed by atoms with E-state index in [1.54, 1.807) is 29.0 Å². The van der Waals surface area contributed by atoms with Gasteiger partial charge in [0.05, 0.1) is 19.6 Å². The van der Waals surface area contributed by atoms with E-state index in [9.17, 15) is 19.5 Å². The van der Waals surface area contributed by atoms with E-state index in [2.05, 4.69) is 0 Å². The van der Waals surface area contributed by atoms with Crippen molar-refractivity contribution >= 4 is 23.5 Å². The molecule has 39 heavy (non-hydrogen) atoms. The van der Waals surface area contributed by atoms with Gasteiger partial charge in [0.1, 0.15) is 28.9 Å². The molecule has 2 fully saturated rings. The maximum absolute atomic E-state index is 14.4. The highest BCUT2D eigenvalue weighted by atomic mass is 16.6. The minimum absolute atomic E-state index is 0.0116. The Hall–Kier alpha value is -3.17. The average molecular weight is 539 g/mol. The molecule has 0 saturated carbocycles. The first kappa shape index (κ1) is 27.4. The molecule has 5 atom stereocenters. The zero-order valence-corrected chi connectivity index (χ0v) is 22.7. The molecule has 1 spiro atoms. The summed E-state index contributed by atoms with van der Waals surface area (Å²) in [5.74, 6) is -2.10. The smallest absolute Gasteiger partial charge is 0.313 e. The molecule has 5 rings (SSSR count). The van der Waals surface area contributed by atoms with Crippen LogP contribution in [0.3, 0.4) is 0 Å². The lowest BCUT2D eigenvalue weighted by atomic mass is 9.73. The number of ether oxygens (including phenoxy) is 3. The van der Waals surface area contributed by atoms with Crippen molar-refractivity contribution in [3.05, 3.63) is 48.6 Å². The van der Waals surface area contributed by atoms with E-state index in [4.69, 9.17) is 14.2 Å². The molecular weight excluding hydrogens is 500 g/mol. The van der Waals surface area contributed by atoms with Crippen LogP contribution in [0.15, 0.2) is 48.6 Å². The Labute approximate surface area is 229 Å². The second-order valence-corrected chi connectivity index (χ2v) is 10.7. The molecule has 9 heteroatoms. The van der Waals surface area contributed by atoms with Crippen LogP contribution in [0.5, 0.6) is 5.75 Å². The molecule has 210 valence electrons. The number of aliphatic hydroxyl groups excluding tert-OH is 1. The quantitative estimate of drug-likeness (QED) is 0.323. The summed E-state index contributed by atoms with van der Waals surface area (Å²) in [6.07, 6.45) is 11.6. The molecule has 1 aromatic rings. The second-order valence-electron chi connectivity index (χ2n) is 10.7. The predicted molar refractivity (Wildman–Crippen MR) is 144 cm³/mol. The molecule has 2 saturated heterocycles. The van der Waals surface area contributed by atoms with E-state index in [0.29, 0.717) is 43.9 Å². The lowest BCUT2D eigenvalue weighted by molar-refractivity contribution is -0.160. The van der Waals surface area contributed by atoms with Crippen molar-refractivity contribution in [2.45, 2.75) is 62.7 Å². The summed E-state index contributed by atoms with van der Waals surface area (Å²) in [6, 6.07) is 6.26. The van der Waals surface area contributed by atoms with Gasteiger partial charge < -0.3 is 29.1 Å². The van der Waals surface area contributed by atoms with E-state index in [-0.39, 0.29) is 25.0 Å². The molecular formula is C30H38N2O7. The van der Waals surface area contributed by atoms with Crippen molar-refractivity contribution in [3.8, 4) is 5.75 Å². The number of unbranched alkanes of at least 4 members (excludes halogenated alkanes) is 1. The van der Waals surface area contributed by atoms with Crippen LogP contribution in [0.4, 0.5) is 5.69 Å². The van der Waals surface area contributed by atoms with Gasteiger partial charge in [0, 0.05) is 25.4 Å². The number of carbonyl (C=O) groups excluding carboxylic acids is 3. The van der Waals surface area contributed by atoms with E-state index in [0.717, 1.165) is 19.3 Å². The lowest BCUT2D eigenvalue weighted by Gasteiger charge is -2.38. The summed E-state index contributed by atoms with van der Waals surface area (Å²) >= 11 is 0. The molecule has 0 radical (unpaired) electrons. The Bertz CT molecular complexity index is 1150. The van der Waals surface area contributed by atoms with Gasteiger partial charge in [-0.3, -0.25) is 14.4 Å². The van der Waals surface area contributed by atoms with Crippen molar-refractivity contribution in [2.75, 3.05) is 38.3 Å². The van der Waals surface area contributed by atoms with Crippen molar-refractivity contribution in [3.63, 3.8) is 0 Å². The Balaban J connectivity index is 1.62. The SMILES string of the molecule is CC[C@@]12/C=C\CCCCOC(=O)[C@@H]1[C@H]1C(=O)N(CCCCO)C3C(=O)N(c4ccc(OC)cc4)CC=C[C@@]31O2. The highest BCUT2D eigenvalue weighted by Gasteiger charge is 2.75. The summed E-state index contributed by atoms with van der Waals surface area (Å²) in [4.78, 5) is 45.6. The van der Waals surface area contributed by atoms with Crippen molar-refractivity contribution in [1.29, 1.82) is 0 Å². The van der Waals surface area contributed by atoms with Crippen LogP contribution in [0, 0.1) is 11.8 Å². The number of rotatable bonds is 7. The van der Waals surface area contributed by atoms with Crippen LogP contribution in [-0.4, -0.2) is 78.4 Å². The third-order valence-electron chi connectivity index (χ3n) is 8.57. The van der Waals surface area contributed by atoms with Crippen LogP contribution in [0.2, 0.25) is 0 Å². The highest BCUT2D eigenvalue weighted by Crippen LogP contribution is 2.58. The van der Waals surface area contributed by atoms with Gasteiger partial charge in [-0.2, -0.15) is 0 Å². The van der Waals surface area contributed by atoms with Gasteiger partial charge in [0.2, 0.25) is 5.91 Å². The van der Waals surface area contributed by atoms with Crippen LogP contribution in [-0.2, 0) is 23.9 Å². The first-order valence-corrected chi connectivity index (χ1v) is 14.0. The first-order chi connectivity index (χ1) is 18.9. The number of methoxy groups -OCH3 is 1. The largest absolute Gasteiger partial charge is 0.497 e. The van der Waals surface area contributed by atoms with Gasteiger partial charge >= 0.3 is 5.97 Å². The fourth-order valence-electron chi connectivity index (χ4n) is 6.67. The van der Waals surface area contributed by atoms with Crippen molar-refractivity contribution < 1.29 is 33.7 Å². The number of cyclic esters (lactones) is 1. The number of fused-ring (bicyclic) bond motifs is 2. The Morgan fingerprint density at radius 1 is 1.03 bits per heavy atom. The maximum atomic E-state index is 14.4. The number of aliphatic hydroxyl groups is 1. The molecule has 1 aromatic carbocycles. The molecule has 4 aliphatic heterocycles. The van der Waals surface area contributed by atoms with E-state index < -0.39 is 35.0 Å². The van der Waals surface area contributed by atoms with Gasteiger partial charge in [-0.25, -0.2) is 0 Å². The monoisotopic (exact) mass is 538 g/mol. The predicted octanol–water partition coefficient (Wildman–Crippen LogP) is 3.01. The topological polar surface area (TPSA) is 106 Å². The number of benzene rings is 1. The van der Waals surface area contributed by atoms with Crippen LogP contribution in [0.25, 0.3) is 0 Å². The number of amides is 2. The summed E-state index contributed by atoms with van der Waals surface area (Å²) in [6.45, 7) is 2.79. The molecule has 0 aliphatic carbocycles. The third-order valence-corrected chi connectivity index (χ3v) is 8.57. The van der Waals surface area contributed by atoms with Gasteiger partial charge in [0.25, 0.3) is 5.91 Å². The Morgan fingerprint density at radius 3 is 2.54 bits per heavy atom. The Morgan fingerprint density at radius 2 is 1.82 bits per heavy atom. The lowest BCUT2D eigenvalue weighted by Crippen LogP contribution is -2.56. The van der Waals surface area contributed by atoms with Crippen LogP contribution < -0.4 is 9.64 Å². The Kier molecular flexibility index (Phi) is 7.82. The number of anilines is 1. The first-order valence-electron chi connectivity index (χ1n) is 14.0. The van der Waals surface area contributed by atoms with Gasteiger partial charge in [-0.05, 0) is 62.8 Å². The average Bonchev–Trinajstić information content (AvgIpc) is 3.30. The summed E-state index contributed by atoms with van der Waals surface area (Å²) in [7, 11) is 1.58. The summed E-state index contributed by atoms with van der Waals surface area (Å²) in [5, 5.41) is 9.40. The maximum Gasteiger partial charge on any atom is 0.313 e. The third kappa shape index (κ3) is 4.55. The molecule has 0 bridgehead atoms. The second kappa shape index (κ2) is 11.1. The highest BCUT2D eigenvalue weighted by molar-refractivity contribution is 6.05. The molecule has 9 nitrogen and oxygen atoms in total. The fraction of sp³-hybridized carbons (Fsp3) is 0.567. The van der Waals surface area contributed by atoms with Crippen LogP contribution in [0.1, 0.15) is 45.4 Å². The van der Waals surface area contributed by atoms with E-state index in [1.165, 1.54) is 0 Å². The van der Waals surface area contributed by atoms with Crippen molar-refractivity contribution in [1.82, 2.24) is 4.90 Å². The van der Waals surface area contributed by atoms with Gasteiger partial charge in [-0.15, -0.1) is 0 Å². The minimum Gasteiger partial charge on any atom is -0.497 e. The molecule has 4 heterocycles. The number of nitrogens with zero attached hydrogens (tertiary/aromatic N) is 2. The molecule has 0 aromatic heterocycles. The minimum atomic E-state index is -1.33. The molecule has 1 unspecified atom stereocenters. The van der Waals surface area contributed by atoms with Gasteiger partial charge in [-0.1, -0.05) is 31.2 Å². The molecule has 1 N–H and O–H groups in total. The number of esters is 1. The van der Waals surface area contributed by atoms with Gasteiger partial charge in [0.15, 0.2) is 0 Å².